The van der Waals surface area contributed by atoms with Gasteiger partial charge in [0.25, 0.3) is 5.78 Å². The number of hydrogen-bond donors (Lipinski definition) is 0. The molecule has 0 aromatic heterocycles. The number of hydrogen-bond acceptors (Lipinski definition) is 4. The van der Waals surface area contributed by atoms with Crippen LogP contribution in [0.25, 0.3) is 0 Å². The Hall–Kier alpha value is -2.45. The Labute approximate surface area is 174 Å². The number of piperidine rings is 1. The van der Waals surface area contributed by atoms with Crippen LogP contribution >= 0.6 is 15.9 Å². The lowest BCUT2D eigenvalue weighted by Crippen LogP contribution is -2.45. The van der Waals surface area contributed by atoms with E-state index in [0.717, 1.165) is 22.7 Å². The van der Waals surface area contributed by atoms with Crippen molar-refractivity contribution in [2.45, 2.75) is 12.8 Å². The Morgan fingerprint density at radius 2 is 1.79 bits per heavy atom. The maximum absolute atomic E-state index is 13.9. The van der Waals surface area contributed by atoms with E-state index in [-0.39, 0.29) is 12.2 Å². The molecule has 8 heteroatoms. The number of carbonyl (C=O) groups excluding carboxylic acids is 3. The predicted octanol–water partition coefficient (Wildman–Crippen LogP) is 3.81. The number of benzene rings is 2. The van der Waals surface area contributed by atoms with E-state index in [1.807, 2.05) is 4.90 Å². The molecule has 0 spiro atoms. The summed E-state index contributed by atoms with van der Waals surface area (Å²) in [6.07, 6.45) is 0.937. The molecule has 5 nitrogen and oxygen atoms in total. The van der Waals surface area contributed by atoms with Gasteiger partial charge < -0.3 is 0 Å². The summed E-state index contributed by atoms with van der Waals surface area (Å²) in [5, 5.41) is 0. The van der Waals surface area contributed by atoms with E-state index in [1.54, 1.807) is 18.2 Å². The Balaban J connectivity index is 1.43. The van der Waals surface area contributed by atoms with E-state index in [4.69, 9.17) is 0 Å². The Kier molecular flexibility index (Phi) is 5.31. The van der Waals surface area contributed by atoms with Crippen LogP contribution in [0.1, 0.15) is 33.6 Å². The summed E-state index contributed by atoms with van der Waals surface area (Å²) in [6.45, 7) is 1.26. The summed E-state index contributed by atoms with van der Waals surface area (Å²) >= 11 is 3.36. The minimum Gasteiger partial charge on any atom is -0.294 e. The van der Waals surface area contributed by atoms with Gasteiger partial charge in [-0.05, 0) is 49.2 Å². The van der Waals surface area contributed by atoms with E-state index >= 15 is 0 Å². The first-order chi connectivity index (χ1) is 13.8. The fourth-order valence-corrected chi connectivity index (χ4v) is 4.20. The maximum Gasteiger partial charge on any atom is 0.300 e. The minimum atomic E-state index is -0.720. The molecule has 150 valence electrons. The lowest BCUT2D eigenvalue weighted by molar-refractivity contribution is -0.114. The number of halogens is 3. The summed E-state index contributed by atoms with van der Waals surface area (Å²) in [6, 6.07) is 7.96. The molecule has 29 heavy (non-hydrogen) atoms. The molecule has 0 saturated carbocycles. The number of nitrogens with zero attached hydrogens (tertiary/aromatic N) is 2. The molecule has 1 fully saturated rings. The van der Waals surface area contributed by atoms with Gasteiger partial charge in [-0.15, -0.1) is 0 Å². The number of ketones is 2. The van der Waals surface area contributed by atoms with E-state index < -0.39 is 35.0 Å². The zero-order chi connectivity index (χ0) is 20.7. The smallest absolute Gasteiger partial charge is 0.294 e. The Morgan fingerprint density at radius 1 is 1.07 bits per heavy atom. The molecule has 2 aliphatic rings. The van der Waals surface area contributed by atoms with Gasteiger partial charge in [0.2, 0.25) is 0 Å². The molecule has 4 rings (SSSR count). The zero-order valence-electron chi connectivity index (χ0n) is 15.3. The number of anilines is 1. The quantitative estimate of drug-likeness (QED) is 0.512. The first kappa shape index (κ1) is 19.8. The van der Waals surface area contributed by atoms with Crippen LogP contribution in [0.15, 0.2) is 40.9 Å². The monoisotopic (exact) mass is 462 g/mol. The molecule has 2 aromatic rings. The van der Waals surface area contributed by atoms with Gasteiger partial charge in [-0.1, -0.05) is 15.9 Å². The third-order valence-corrected chi connectivity index (χ3v) is 5.92. The summed E-state index contributed by atoms with van der Waals surface area (Å²) < 4.78 is 28.1. The van der Waals surface area contributed by atoms with Crippen LogP contribution in [-0.2, 0) is 4.79 Å². The van der Waals surface area contributed by atoms with Gasteiger partial charge in [-0.3, -0.25) is 24.2 Å². The fraction of sp³-hybridized carbons (Fsp3) is 0.286. The van der Waals surface area contributed by atoms with Crippen LogP contribution in [0, 0.1) is 17.6 Å². The highest BCUT2D eigenvalue weighted by Crippen LogP contribution is 2.32. The van der Waals surface area contributed by atoms with Gasteiger partial charge in [0.15, 0.2) is 5.78 Å². The van der Waals surface area contributed by atoms with Crippen molar-refractivity contribution in [1.82, 2.24) is 4.90 Å². The van der Waals surface area contributed by atoms with Gasteiger partial charge in [0, 0.05) is 23.5 Å². The average molecular weight is 463 g/mol. The summed E-state index contributed by atoms with van der Waals surface area (Å²) in [5.74, 6) is -3.27. The number of fused-ring (bicyclic) bond motifs is 1. The largest absolute Gasteiger partial charge is 0.300 e. The van der Waals surface area contributed by atoms with Gasteiger partial charge >= 0.3 is 5.91 Å². The normalized spacial score (nSPS) is 17.7. The van der Waals surface area contributed by atoms with Gasteiger partial charge in [-0.2, -0.15) is 0 Å². The van der Waals surface area contributed by atoms with Gasteiger partial charge in [0.05, 0.1) is 23.5 Å². The summed E-state index contributed by atoms with van der Waals surface area (Å²) in [7, 11) is 0. The number of carbonyl (C=O) groups is 3. The molecule has 2 aromatic carbocycles. The third-order valence-electron chi connectivity index (χ3n) is 5.43. The summed E-state index contributed by atoms with van der Waals surface area (Å²) in [5.41, 5.74) is 0.724. The summed E-state index contributed by atoms with van der Waals surface area (Å²) in [4.78, 5) is 40.6. The minimum absolute atomic E-state index is 0.220. The highest BCUT2D eigenvalue weighted by atomic mass is 79.9. The van der Waals surface area contributed by atoms with Crippen LogP contribution in [0.2, 0.25) is 0 Å². The molecular formula is C21H17BrF2N2O3. The van der Waals surface area contributed by atoms with E-state index in [2.05, 4.69) is 15.9 Å². The van der Waals surface area contributed by atoms with Crippen molar-refractivity contribution in [3.8, 4) is 0 Å². The second-order valence-corrected chi connectivity index (χ2v) is 8.16. The number of amides is 1. The van der Waals surface area contributed by atoms with Gasteiger partial charge in [0.1, 0.15) is 11.6 Å². The van der Waals surface area contributed by atoms with E-state index in [1.165, 1.54) is 4.90 Å². The molecule has 0 unspecified atom stereocenters. The molecule has 0 atom stereocenters. The molecule has 1 amide bonds. The second-order valence-electron chi connectivity index (χ2n) is 7.25. The SMILES string of the molecule is O=C1C(=O)N(CN2CCC(C(=O)c3cc(F)ccc3F)CC2)c2cc(Br)ccc21. The van der Waals surface area contributed by atoms with E-state index in [9.17, 15) is 23.2 Å². The second kappa shape index (κ2) is 7.76. The lowest BCUT2D eigenvalue weighted by atomic mass is 9.88. The maximum atomic E-state index is 13.9. The lowest BCUT2D eigenvalue weighted by Gasteiger charge is -2.34. The number of likely N-dealkylation sites (tertiary alicyclic amines) is 1. The predicted molar refractivity (Wildman–Crippen MR) is 106 cm³/mol. The highest BCUT2D eigenvalue weighted by molar-refractivity contribution is 9.10. The molecular weight excluding hydrogens is 446 g/mol. The first-order valence-corrected chi connectivity index (χ1v) is 10.0. The van der Waals surface area contributed by atoms with Crippen molar-refractivity contribution in [2.24, 2.45) is 5.92 Å². The molecule has 0 bridgehead atoms. The van der Waals surface area contributed by atoms with Crippen LogP contribution < -0.4 is 4.90 Å². The molecule has 0 N–H and O–H groups in total. The standard InChI is InChI=1S/C21H17BrF2N2O3/c22-13-1-3-15-18(9-13)26(21(29)20(15)28)11-25-7-5-12(6-8-25)19(27)16-10-14(23)2-4-17(16)24/h1-4,9-10,12H,5-8,11H2. The molecule has 2 heterocycles. The fourth-order valence-electron chi connectivity index (χ4n) is 3.85. The molecule has 0 aliphatic carbocycles. The molecule has 0 radical (unpaired) electrons. The van der Waals surface area contributed by atoms with Crippen molar-refractivity contribution in [3.63, 3.8) is 0 Å². The van der Waals surface area contributed by atoms with Crippen LogP contribution in [0.4, 0.5) is 14.5 Å². The zero-order valence-corrected chi connectivity index (χ0v) is 16.9. The van der Waals surface area contributed by atoms with Crippen LogP contribution in [0.5, 0.6) is 0 Å². The number of Topliss-reactive ketones (excluding diaryl/α,β-unsaturated/α-hetero) is 2. The Bertz CT molecular complexity index is 1020. The molecule has 1 saturated heterocycles. The highest BCUT2D eigenvalue weighted by Gasteiger charge is 2.37. The average Bonchev–Trinajstić information content (AvgIpc) is 2.94. The van der Waals surface area contributed by atoms with Crippen molar-refractivity contribution in [3.05, 3.63) is 63.6 Å². The van der Waals surface area contributed by atoms with Crippen LogP contribution in [0.3, 0.4) is 0 Å². The first-order valence-electron chi connectivity index (χ1n) is 9.22. The topological polar surface area (TPSA) is 57.7 Å². The van der Waals surface area contributed by atoms with Crippen molar-refractivity contribution in [2.75, 3.05) is 24.7 Å². The van der Waals surface area contributed by atoms with Crippen LogP contribution in [-0.4, -0.2) is 42.1 Å². The van der Waals surface area contributed by atoms with Crippen molar-refractivity contribution >= 4 is 39.1 Å². The van der Waals surface area contributed by atoms with E-state index in [0.29, 0.717) is 37.2 Å². The van der Waals surface area contributed by atoms with Crippen molar-refractivity contribution in [1.29, 1.82) is 0 Å². The molecule has 2 aliphatic heterocycles. The number of rotatable bonds is 4. The van der Waals surface area contributed by atoms with Gasteiger partial charge in [-0.25, -0.2) is 8.78 Å². The Morgan fingerprint density at radius 3 is 2.52 bits per heavy atom. The van der Waals surface area contributed by atoms with Crippen molar-refractivity contribution < 1.29 is 23.2 Å². The third kappa shape index (κ3) is 3.74.